The molecule has 0 saturated carbocycles. The molecule has 24 heavy (non-hydrogen) atoms. The van der Waals surface area contributed by atoms with E-state index in [1.807, 2.05) is 0 Å². The molecule has 4 nitrogen and oxygen atoms in total. The van der Waals surface area contributed by atoms with Crippen LogP contribution in [0, 0.1) is 11.3 Å². The second kappa shape index (κ2) is 6.37. The normalized spacial score (nSPS) is 26.2. The Labute approximate surface area is 141 Å². The average molecular weight is 320 g/mol. The Kier molecular flexibility index (Phi) is 4.07. The summed E-state index contributed by atoms with van der Waals surface area (Å²) < 4.78 is 5.25. The fraction of sp³-hybridized carbons (Fsp3) is 0.350. The highest BCUT2D eigenvalue weighted by molar-refractivity contribution is 5.64. The van der Waals surface area contributed by atoms with Gasteiger partial charge in [-0.05, 0) is 22.3 Å². The van der Waals surface area contributed by atoms with Gasteiger partial charge in [-0.15, -0.1) is 0 Å². The molecule has 2 heterocycles. The molecule has 0 unspecified atom stereocenters. The van der Waals surface area contributed by atoms with Crippen molar-refractivity contribution in [1.82, 2.24) is 5.32 Å². The van der Waals surface area contributed by atoms with E-state index in [2.05, 4.69) is 59.9 Å². The minimum atomic E-state index is -0.211. The Morgan fingerprint density at radius 3 is 2.04 bits per heavy atom. The zero-order valence-electron chi connectivity index (χ0n) is 13.4. The maximum Gasteiger partial charge on any atom is 0.104 e. The molecule has 0 aromatic heterocycles. The number of rotatable bonds is 4. The minimum Gasteiger partial charge on any atom is -0.395 e. The molecule has 0 radical (unpaired) electrons. The number of ether oxygens (including phenoxy) is 1. The first-order valence-electron chi connectivity index (χ1n) is 8.34. The SMILES string of the molecule is N#C[C@@H]1N[C@@H](CO)[C@H]1c1ccc(-c2ccc(C3COC3)cc2)cc1. The summed E-state index contributed by atoms with van der Waals surface area (Å²) in [5.41, 5.74) is 4.79. The number of aliphatic hydroxyl groups is 1. The zero-order chi connectivity index (χ0) is 16.5. The van der Waals surface area contributed by atoms with E-state index in [0.717, 1.165) is 24.3 Å². The molecule has 3 atom stereocenters. The molecule has 2 fully saturated rings. The van der Waals surface area contributed by atoms with Crippen LogP contribution in [0.5, 0.6) is 0 Å². The average Bonchev–Trinajstić information content (AvgIpc) is 2.55. The fourth-order valence-electron chi connectivity index (χ4n) is 3.53. The summed E-state index contributed by atoms with van der Waals surface area (Å²) >= 11 is 0. The summed E-state index contributed by atoms with van der Waals surface area (Å²) in [5, 5.41) is 21.6. The van der Waals surface area contributed by atoms with Crippen molar-refractivity contribution in [3.8, 4) is 17.2 Å². The first-order chi connectivity index (χ1) is 11.8. The molecule has 0 spiro atoms. The number of hydrogen-bond acceptors (Lipinski definition) is 4. The van der Waals surface area contributed by atoms with E-state index >= 15 is 0 Å². The van der Waals surface area contributed by atoms with Crippen LogP contribution >= 0.6 is 0 Å². The van der Waals surface area contributed by atoms with Gasteiger partial charge in [0.1, 0.15) is 6.04 Å². The molecule has 2 aromatic carbocycles. The van der Waals surface area contributed by atoms with Crippen LogP contribution in [0.15, 0.2) is 48.5 Å². The Morgan fingerprint density at radius 2 is 1.58 bits per heavy atom. The second-order valence-corrected chi connectivity index (χ2v) is 6.57. The van der Waals surface area contributed by atoms with Gasteiger partial charge < -0.3 is 9.84 Å². The molecule has 0 bridgehead atoms. The maximum atomic E-state index is 9.38. The van der Waals surface area contributed by atoms with Gasteiger partial charge in [0.2, 0.25) is 0 Å². The second-order valence-electron chi connectivity index (χ2n) is 6.57. The van der Waals surface area contributed by atoms with Crippen LogP contribution in [0.4, 0.5) is 0 Å². The Hall–Kier alpha value is -2.19. The van der Waals surface area contributed by atoms with Gasteiger partial charge in [-0.2, -0.15) is 5.26 Å². The van der Waals surface area contributed by atoms with E-state index < -0.39 is 0 Å². The van der Waals surface area contributed by atoms with E-state index in [1.165, 1.54) is 11.1 Å². The molecule has 0 amide bonds. The van der Waals surface area contributed by atoms with Crippen LogP contribution in [0.2, 0.25) is 0 Å². The van der Waals surface area contributed by atoms with Gasteiger partial charge in [-0.3, -0.25) is 5.32 Å². The molecule has 2 aliphatic rings. The fourth-order valence-corrected chi connectivity index (χ4v) is 3.53. The van der Waals surface area contributed by atoms with Gasteiger partial charge in [0.15, 0.2) is 0 Å². The van der Waals surface area contributed by atoms with Crippen LogP contribution in [0.3, 0.4) is 0 Å². The standard InChI is InChI=1S/C20H20N2O2/c21-9-18-20(19(10-23)22-18)16-7-5-14(6-8-16)13-1-3-15(4-2-13)17-11-24-12-17/h1-8,17-20,22-23H,10-12H2/t18-,19-,20-/m0/s1. The monoisotopic (exact) mass is 320 g/mol. The highest BCUT2D eigenvalue weighted by Crippen LogP contribution is 2.33. The quantitative estimate of drug-likeness (QED) is 0.908. The highest BCUT2D eigenvalue weighted by Gasteiger charge is 2.41. The van der Waals surface area contributed by atoms with Crippen molar-refractivity contribution in [1.29, 1.82) is 5.26 Å². The third-order valence-electron chi connectivity index (χ3n) is 5.17. The third kappa shape index (κ3) is 2.61. The van der Waals surface area contributed by atoms with E-state index in [4.69, 9.17) is 10.00 Å². The number of benzene rings is 2. The topological polar surface area (TPSA) is 65.3 Å². The van der Waals surface area contributed by atoms with E-state index in [1.54, 1.807) is 0 Å². The van der Waals surface area contributed by atoms with Crippen molar-refractivity contribution in [2.45, 2.75) is 23.9 Å². The maximum absolute atomic E-state index is 9.38. The van der Waals surface area contributed by atoms with Gasteiger partial charge in [-0.25, -0.2) is 0 Å². The Morgan fingerprint density at radius 1 is 1.00 bits per heavy atom. The van der Waals surface area contributed by atoms with Crippen molar-refractivity contribution in [2.75, 3.05) is 19.8 Å². The molecule has 2 saturated heterocycles. The molecule has 2 N–H and O–H groups in total. The van der Waals surface area contributed by atoms with Crippen LogP contribution < -0.4 is 5.32 Å². The molecule has 4 heteroatoms. The van der Waals surface area contributed by atoms with E-state index in [-0.39, 0.29) is 24.6 Å². The van der Waals surface area contributed by atoms with Crippen molar-refractivity contribution in [3.05, 3.63) is 59.7 Å². The van der Waals surface area contributed by atoms with Gasteiger partial charge >= 0.3 is 0 Å². The summed E-state index contributed by atoms with van der Waals surface area (Å²) in [4.78, 5) is 0. The summed E-state index contributed by atoms with van der Waals surface area (Å²) in [6.07, 6.45) is 0. The smallest absolute Gasteiger partial charge is 0.104 e. The van der Waals surface area contributed by atoms with Gasteiger partial charge in [-0.1, -0.05) is 48.5 Å². The summed E-state index contributed by atoms with van der Waals surface area (Å²) in [6.45, 7) is 1.71. The Bertz CT molecular complexity index is 745. The minimum absolute atomic E-state index is 0.0236. The highest BCUT2D eigenvalue weighted by atomic mass is 16.5. The lowest BCUT2D eigenvalue weighted by atomic mass is 9.78. The lowest BCUT2D eigenvalue weighted by Crippen LogP contribution is -2.60. The molecule has 0 aliphatic carbocycles. The number of nitriles is 1. The molecule has 4 rings (SSSR count). The van der Waals surface area contributed by atoms with Gasteiger partial charge in [0.25, 0.3) is 0 Å². The third-order valence-corrected chi connectivity index (χ3v) is 5.17. The number of nitrogens with zero attached hydrogens (tertiary/aromatic N) is 1. The first kappa shape index (κ1) is 15.3. The van der Waals surface area contributed by atoms with Crippen molar-refractivity contribution in [2.24, 2.45) is 0 Å². The molecule has 122 valence electrons. The molecular formula is C20H20N2O2. The van der Waals surface area contributed by atoms with Gasteiger partial charge in [0.05, 0.1) is 25.9 Å². The molecule has 2 aromatic rings. The van der Waals surface area contributed by atoms with Crippen molar-refractivity contribution < 1.29 is 9.84 Å². The lowest BCUT2D eigenvalue weighted by molar-refractivity contribution is 0.00843. The van der Waals surface area contributed by atoms with Crippen LogP contribution in [-0.4, -0.2) is 37.0 Å². The van der Waals surface area contributed by atoms with Crippen molar-refractivity contribution >= 4 is 0 Å². The van der Waals surface area contributed by atoms with E-state index in [0.29, 0.717) is 5.92 Å². The van der Waals surface area contributed by atoms with Crippen LogP contribution in [0.1, 0.15) is 23.0 Å². The molecular weight excluding hydrogens is 300 g/mol. The van der Waals surface area contributed by atoms with Crippen molar-refractivity contribution in [3.63, 3.8) is 0 Å². The molecule has 2 aliphatic heterocycles. The summed E-state index contributed by atoms with van der Waals surface area (Å²) in [5.74, 6) is 0.612. The predicted molar refractivity (Wildman–Crippen MR) is 91.6 cm³/mol. The first-order valence-corrected chi connectivity index (χ1v) is 8.34. The largest absolute Gasteiger partial charge is 0.395 e. The summed E-state index contributed by atoms with van der Waals surface area (Å²) in [7, 11) is 0. The predicted octanol–water partition coefficient (Wildman–Crippen LogP) is 2.41. The van der Waals surface area contributed by atoms with Crippen LogP contribution in [-0.2, 0) is 4.74 Å². The van der Waals surface area contributed by atoms with Gasteiger partial charge in [0, 0.05) is 17.9 Å². The number of nitrogens with one attached hydrogen (secondary N) is 1. The number of hydrogen-bond donors (Lipinski definition) is 2. The zero-order valence-corrected chi connectivity index (χ0v) is 13.4. The number of aliphatic hydroxyl groups excluding tert-OH is 1. The summed E-state index contributed by atoms with van der Waals surface area (Å²) in [6, 6.07) is 19.0. The van der Waals surface area contributed by atoms with E-state index in [9.17, 15) is 5.11 Å². The van der Waals surface area contributed by atoms with Crippen LogP contribution in [0.25, 0.3) is 11.1 Å². The Balaban J connectivity index is 1.52. The lowest BCUT2D eigenvalue weighted by Gasteiger charge is -2.41.